The number of thioether (sulfide) groups is 1. The van der Waals surface area contributed by atoms with Crippen LogP contribution < -0.4 is 10.9 Å². The van der Waals surface area contributed by atoms with Gasteiger partial charge in [-0.3, -0.25) is 5.43 Å². The maximum Gasteiger partial charge on any atom is 0.422 e. The second-order valence-corrected chi connectivity index (χ2v) is 11.6. The van der Waals surface area contributed by atoms with E-state index in [1.54, 1.807) is 81.4 Å². The number of nitrogens with one attached hydrogen (secondary N) is 2. The molecule has 0 aliphatic carbocycles. The first kappa shape index (κ1) is 30.1. The van der Waals surface area contributed by atoms with Gasteiger partial charge in [0, 0.05) is 11.4 Å². The topological polar surface area (TPSA) is 112 Å². The van der Waals surface area contributed by atoms with E-state index >= 15 is 0 Å². The largest absolute Gasteiger partial charge is 0.452 e. The van der Waals surface area contributed by atoms with E-state index in [1.807, 2.05) is 31.2 Å². The van der Waals surface area contributed by atoms with Crippen LogP contribution in [0, 0.1) is 6.92 Å². The molecule has 10 heteroatoms. The summed E-state index contributed by atoms with van der Waals surface area (Å²) in [6.07, 6.45) is -3.42. The third-order valence-electron chi connectivity index (χ3n) is 5.94. The van der Waals surface area contributed by atoms with Crippen molar-refractivity contribution >= 4 is 29.8 Å². The van der Waals surface area contributed by atoms with Crippen LogP contribution in [-0.2, 0) is 18.9 Å². The molecular formula is C31H34N2O7S. The standard InChI is InChI=1S/C31H34N2O7S/c1-20-15-17-23(18-16-20)41-29-26(39-28(35)22-13-9-6-10-14-22)25(38-27(34)21-11-7-5-8-12-21)24(37-29)19-32-33-30(36)40-31(2,3)4/h5-18,24-26,29,32H,19H2,1-4H3,(H,33,36)/t24-,25?,26?,29+/m1/s1. The molecule has 0 bridgehead atoms. The van der Waals surface area contributed by atoms with Crippen molar-refractivity contribution in [3.8, 4) is 0 Å². The van der Waals surface area contributed by atoms with Crippen LogP contribution in [0.5, 0.6) is 0 Å². The fourth-order valence-electron chi connectivity index (χ4n) is 4.03. The molecule has 41 heavy (non-hydrogen) atoms. The smallest absolute Gasteiger partial charge is 0.422 e. The Hall–Kier alpha value is -3.86. The van der Waals surface area contributed by atoms with Gasteiger partial charge in [-0.25, -0.2) is 19.8 Å². The van der Waals surface area contributed by atoms with Gasteiger partial charge in [-0.1, -0.05) is 65.9 Å². The molecule has 0 radical (unpaired) electrons. The zero-order chi connectivity index (χ0) is 29.4. The molecule has 1 heterocycles. The Labute approximate surface area is 243 Å². The normalized spacial score (nSPS) is 20.2. The van der Waals surface area contributed by atoms with Crippen LogP contribution in [0.25, 0.3) is 0 Å². The maximum absolute atomic E-state index is 13.2. The van der Waals surface area contributed by atoms with Crippen LogP contribution in [0.2, 0.25) is 0 Å². The molecule has 1 aliphatic rings. The van der Waals surface area contributed by atoms with E-state index in [0.717, 1.165) is 10.5 Å². The van der Waals surface area contributed by atoms with Gasteiger partial charge in [-0.05, 0) is 64.1 Å². The molecule has 3 aromatic rings. The lowest BCUT2D eigenvalue weighted by atomic mass is 10.1. The van der Waals surface area contributed by atoms with Gasteiger partial charge in [0.2, 0.25) is 0 Å². The Balaban J connectivity index is 1.59. The molecule has 216 valence electrons. The van der Waals surface area contributed by atoms with Gasteiger partial charge >= 0.3 is 18.0 Å². The lowest BCUT2D eigenvalue weighted by molar-refractivity contribution is -0.0295. The minimum absolute atomic E-state index is 0.0380. The molecule has 0 saturated carbocycles. The first-order chi connectivity index (χ1) is 19.6. The number of ether oxygens (including phenoxy) is 4. The second-order valence-electron chi connectivity index (χ2n) is 10.5. The van der Waals surface area contributed by atoms with Crippen LogP contribution in [0.4, 0.5) is 4.79 Å². The lowest BCUT2D eigenvalue weighted by Gasteiger charge is -2.25. The minimum atomic E-state index is -0.994. The maximum atomic E-state index is 13.2. The van der Waals surface area contributed by atoms with Crippen LogP contribution in [0.15, 0.2) is 89.8 Å². The van der Waals surface area contributed by atoms with E-state index in [1.165, 1.54) is 11.8 Å². The summed E-state index contributed by atoms with van der Waals surface area (Å²) in [5.74, 6) is -1.17. The Bertz CT molecular complexity index is 1310. The van der Waals surface area contributed by atoms with E-state index in [9.17, 15) is 14.4 Å². The zero-order valence-electron chi connectivity index (χ0n) is 23.4. The van der Waals surface area contributed by atoms with Crippen molar-refractivity contribution in [3.05, 3.63) is 102 Å². The predicted molar refractivity (Wildman–Crippen MR) is 154 cm³/mol. The predicted octanol–water partition coefficient (Wildman–Crippen LogP) is 5.29. The molecule has 1 saturated heterocycles. The van der Waals surface area contributed by atoms with Gasteiger partial charge in [-0.15, -0.1) is 0 Å². The summed E-state index contributed by atoms with van der Waals surface area (Å²) < 4.78 is 23.5. The number of amides is 1. The average molecular weight is 579 g/mol. The monoisotopic (exact) mass is 578 g/mol. The summed E-state index contributed by atoms with van der Waals surface area (Å²) in [4.78, 5) is 39.4. The quantitative estimate of drug-likeness (QED) is 0.199. The van der Waals surface area contributed by atoms with Gasteiger partial charge in [0.05, 0.1) is 11.1 Å². The van der Waals surface area contributed by atoms with Crippen molar-refractivity contribution in [1.29, 1.82) is 0 Å². The number of benzene rings is 3. The number of hydrazine groups is 1. The molecule has 0 spiro atoms. The van der Waals surface area contributed by atoms with Gasteiger partial charge in [0.15, 0.2) is 12.2 Å². The van der Waals surface area contributed by atoms with Gasteiger partial charge in [0.1, 0.15) is 17.1 Å². The SMILES string of the molecule is Cc1ccc(S[C@@H]2O[C@H](CNNC(=O)OC(C)(C)C)C(OC(=O)c3ccccc3)C2OC(=O)c2ccccc2)cc1. The van der Waals surface area contributed by atoms with Crippen LogP contribution in [0.3, 0.4) is 0 Å². The van der Waals surface area contributed by atoms with E-state index < -0.39 is 47.4 Å². The second kappa shape index (κ2) is 13.7. The van der Waals surface area contributed by atoms with E-state index in [0.29, 0.717) is 11.1 Å². The summed E-state index contributed by atoms with van der Waals surface area (Å²) in [5.41, 5.74) is 5.67. The molecule has 9 nitrogen and oxygen atoms in total. The van der Waals surface area contributed by atoms with E-state index in [-0.39, 0.29) is 6.54 Å². The van der Waals surface area contributed by atoms with Crippen molar-refractivity contribution in [2.75, 3.05) is 6.54 Å². The summed E-state index contributed by atoms with van der Waals surface area (Å²) in [6, 6.07) is 24.9. The number of carbonyl (C=O) groups excluding carboxylic acids is 3. The van der Waals surface area contributed by atoms with Crippen molar-refractivity contribution < 1.29 is 33.3 Å². The molecule has 1 fully saturated rings. The fraction of sp³-hybridized carbons (Fsp3) is 0.323. The van der Waals surface area contributed by atoms with Crippen molar-refractivity contribution in [3.63, 3.8) is 0 Å². The summed E-state index contributed by atoms with van der Waals surface area (Å²) in [7, 11) is 0. The van der Waals surface area contributed by atoms with Crippen LogP contribution in [-0.4, -0.2) is 53.9 Å². The van der Waals surface area contributed by atoms with Crippen LogP contribution >= 0.6 is 11.8 Å². The van der Waals surface area contributed by atoms with Gasteiger partial charge < -0.3 is 18.9 Å². The number of carbonyl (C=O) groups is 3. The van der Waals surface area contributed by atoms with Crippen molar-refractivity contribution in [1.82, 2.24) is 10.9 Å². The van der Waals surface area contributed by atoms with Crippen molar-refractivity contribution in [2.45, 2.75) is 61.9 Å². The molecule has 1 amide bonds. The van der Waals surface area contributed by atoms with Gasteiger partial charge in [0.25, 0.3) is 0 Å². The molecule has 1 aliphatic heterocycles. The molecule has 2 unspecified atom stereocenters. The molecule has 3 aromatic carbocycles. The molecule has 4 rings (SSSR count). The molecular weight excluding hydrogens is 544 g/mol. The summed E-state index contributed by atoms with van der Waals surface area (Å²) in [5, 5.41) is 0. The van der Waals surface area contributed by atoms with Crippen LogP contribution in [0.1, 0.15) is 47.1 Å². The average Bonchev–Trinajstić information content (AvgIpc) is 3.24. The highest BCUT2D eigenvalue weighted by Crippen LogP contribution is 2.38. The van der Waals surface area contributed by atoms with Gasteiger partial charge in [-0.2, -0.15) is 0 Å². The Morgan fingerprint density at radius 3 is 1.88 bits per heavy atom. The number of hydrogen-bond donors (Lipinski definition) is 2. The third-order valence-corrected chi connectivity index (χ3v) is 7.09. The number of aryl methyl sites for hydroxylation is 1. The Kier molecular flexibility index (Phi) is 10.0. The summed E-state index contributed by atoms with van der Waals surface area (Å²) >= 11 is 1.35. The first-order valence-electron chi connectivity index (χ1n) is 13.2. The lowest BCUT2D eigenvalue weighted by Crippen LogP contribution is -2.48. The minimum Gasteiger partial charge on any atom is -0.452 e. The zero-order valence-corrected chi connectivity index (χ0v) is 24.2. The highest BCUT2D eigenvalue weighted by atomic mass is 32.2. The third kappa shape index (κ3) is 8.81. The van der Waals surface area contributed by atoms with E-state index in [4.69, 9.17) is 18.9 Å². The Morgan fingerprint density at radius 1 is 0.805 bits per heavy atom. The van der Waals surface area contributed by atoms with E-state index in [2.05, 4.69) is 10.9 Å². The summed E-state index contributed by atoms with van der Waals surface area (Å²) in [6.45, 7) is 7.29. The molecule has 2 N–H and O–H groups in total. The Morgan fingerprint density at radius 2 is 1.34 bits per heavy atom. The highest BCUT2D eigenvalue weighted by molar-refractivity contribution is 7.99. The molecule has 0 aromatic heterocycles. The number of hydrogen-bond acceptors (Lipinski definition) is 9. The van der Waals surface area contributed by atoms with Crippen molar-refractivity contribution in [2.24, 2.45) is 0 Å². The number of esters is 2. The molecule has 4 atom stereocenters. The highest BCUT2D eigenvalue weighted by Gasteiger charge is 2.50. The number of rotatable bonds is 9. The first-order valence-corrected chi connectivity index (χ1v) is 14.1. The fourth-order valence-corrected chi connectivity index (χ4v) is 5.13.